The average Bonchev–Trinajstić information content (AvgIpc) is 2.82. The van der Waals surface area contributed by atoms with Gasteiger partial charge in [-0.15, -0.1) is 0 Å². The molecule has 0 fully saturated rings. The molecule has 0 amide bonds. The van der Waals surface area contributed by atoms with E-state index in [0.717, 1.165) is 16.8 Å². The van der Waals surface area contributed by atoms with Crippen LogP contribution in [0.2, 0.25) is 0 Å². The summed E-state index contributed by atoms with van der Waals surface area (Å²) < 4.78 is 5.51. The highest BCUT2D eigenvalue weighted by atomic mass is 16.5. The van der Waals surface area contributed by atoms with Crippen molar-refractivity contribution in [1.29, 1.82) is 0 Å². The van der Waals surface area contributed by atoms with Crippen LogP contribution < -0.4 is 10.5 Å². The molecule has 0 saturated heterocycles. The maximum Gasteiger partial charge on any atom is 0.121 e. The minimum absolute atomic E-state index is 0.203. The van der Waals surface area contributed by atoms with Gasteiger partial charge in [0.2, 0.25) is 0 Å². The van der Waals surface area contributed by atoms with Gasteiger partial charge in [0.15, 0.2) is 0 Å². The van der Waals surface area contributed by atoms with Crippen molar-refractivity contribution in [3.63, 3.8) is 0 Å². The van der Waals surface area contributed by atoms with Gasteiger partial charge in [-0.25, -0.2) is 0 Å². The summed E-state index contributed by atoms with van der Waals surface area (Å²) in [5, 5.41) is 11.8. The van der Waals surface area contributed by atoms with Crippen molar-refractivity contribution < 1.29 is 9.84 Å². The molecule has 0 radical (unpaired) electrons. The molecule has 4 N–H and O–H groups in total. The number of ether oxygens (including phenoxy) is 1. The molecule has 3 aromatic rings. The van der Waals surface area contributed by atoms with Crippen LogP contribution in [0.25, 0.3) is 21.8 Å². The summed E-state index contributed by atoms with van der Waals surface area (Å²) in [5.41, 5.74) is 7.48. The first-order valence-electron chi connectivity index (χ1n) is 6.29. The third-order valence-electron chi connectivity index (χ3n) is 3.19. The first-order valence-corrected chi connectivity index (χ1v) is 6.29. The molecule has 1 atom stereocenters. The third-order valence-corrected chi connectivity index (χ3v) is 3.19. The van der Waals surface area contributed by atoms with E-state index in [9.17, 15) is 5.11 Å². The first kappa shape index (κ1) is 12.0. The van der Waals surface area contributed by atoms with Crippen molar-refractivity contribution in [1.82, 2.24) is 4.98 Å². The number of benzene rings is 2. The normalized spacial score (nSPS) is 12.9. The van der Waals surface area contributed by atoms with Crippen molar-refractivity contribution in [2.75, 3.05) is 13.2 Å². The summed E-state index contributed by atoms with van der Waals surface area (Å²) in [5.74, 6) is 0.728. The number of aliphatic hydroxyl groups is 1. The third kappa shape index (κ3) is 2.28. The van der Waals surface area contributed by atoms with E-state index in [1.54, 1.807) is 0 Å². The SMILES string of the molecule is NCC(O)COc1ccc2c(c1)[nH]c1ccccc12. The summed E-state index contributed by atoms with van der Waals surface area (Å²) in [6, 6.07) is 14.0. The van der Waals surface area contributed by atoms with Crippen LogP contribution in [0.15, 0.2) is 42.5 Å². The van der Waals surface area contributed by atoms with Gasteiger partial charge in [0.1, 0.15) is 18.5 Å². The van der Waals surface area contributed by atoms with Crippen LogP contribution in [0.3, 0.4) is 0 Å². The minimum Gasteiger partial charge on any atom is -0.491 e. The fourth-order valence-electron chi connectivity index (χ4n) is 2.18. The molecule has 0 aliphatic rings. The zero-order valence-electron chi connectivity index (χ0n) is 10.5. The van der Waals surface area contributed by atoms with E-state index in [-0.39, 0.29) is 13.2 Å². The van der Waals surface area contributed by atoms with Crippen LogP contribution in [0.1, 0.15) is 0 Å². The fourth-order valence-corrected chi connectivity index (χ4v) is 2.18. The number of para-hydroxylation sites is 1. The standard InChI is InChI=1S/C15H16N2O2/c16-8-10(18)9-19-11-5-6-13-12-3-1-2-4-14(12)17-15(13)7-11/h1-7,10,17-18H,8-9,16H2. The molecule has 19 heavy (non-hydrogen) atoms. The van der Waals surface area contributed by atoms with E-state index < -0.39 is 6.10 Å². The Balaban J connectivity index is 1.95. The lowest BCUT2D eigenvalue weighted by atomic mass is 10.1. The number of aromatic nitrogens is 1. The lowest BCUT2D eigenvalue weighted by Crippen LogP contribution is -2.26. The van der Waals surface area contributed by atoms with Crippen LogP contribution in [0.4, 0.5) is 0 Å². The van der Waals surface area contributed by atoms with Crippen molar-refractivity contribution in [3.05, 3.63) is 42.5 Å². The first-order chi connectivity index (χ1) is 9.28. The molecule has 0 saturated carbocycles. The zero-order valence-corrected chi connectivity index (χ0v) is 10.5. The van der Waals surface area contributed by atoms with Gasteiger partial charge in [-0.05, 0) is 18.2 Å². The molecule has 4 nitrogen and oxygen atoms in total. The summed E-state index contributed by atoms with van der Waals surface area (Å²) in [6.07, 6.45) is -0.626. The molecule has 3 rings (SSSR count). The van der Waals surface area contributed by atoms with Gasteiger partial charge in [-0.2, -0.15) is 0 Å². The second-order valence-corrected chi connectivity index (χ2v) is 4.58. The number of H-pyrrole nitrogens is 1. The van der Waals surface area contributed by atoms with Crippen molar-refractivity contribution in [2.24, 2.45) is 5.73 Å². The lowest BCUT2D eigenvalue weighted by Gasteiger charge is -2.10. The second kappa shape index (κ2) is 4.91. The van der Waals surface area contributed by atoms with Crippen LogP contribution in [-0.4, -0.2) is 29.3 Å². The summed E-state index contributed by atoms with van der Waals surface area (Å²) >= 11 is 0. The summed E-state index contributed by atoms with van der Waals surface area (Å²) in [4.78, 5) is 3.35. The van der Waals surface area contributed by atoms with Crippen LogP contribution >= 0.6 is 0 Å². The number of nitrogens with one attached hydrogen (secondary N) is 1. The maximum atomic E-state index is 9.39. The zero-order chi connectivity index (χ0) is 13.2. The van der Waals surface area contributed by atoms with Crippen LogP contribution in [0.5, 0.6) is 5.75 Å². The Morgan fingerprint density at radius 3 is 2.74 bits per heavy atom. The lowest BCUT2D eigenvalue weighted by molar-refractivity contribution is 0.114. The monoisotopic (exact) mass is 256 g/mol. The van der Waals surface area contributed by atoms with Crippen molar-refractivity contribution in [3.8, 4) is 5.75 Å². The predicted octanol–water partition coefficient (Wildman–Crippen LogP) is 2.02. The summed E-state index contributed by atoms with van der Waals surface area (Å²) in [6.45, 7) is 0.414. The number of fused-ring (bicyclic) bond motifs is 3. The van der Waals surface area contributed by atoms with E-state index >= 15 is 0 Å². The molecule has 4 heteroatoms. The Labute approximate surface area is 110 Å². The number of rotatable bonds is 4. The molecular weight excluding hydrogens is 240 g/mol. The number of aliphatic hydroxyl groups excluding tert-OH is 1. The molecule has 1 aromatic heterocycles. The quantitative estimate of drug-likeness (QED) is 0.668. The van der Waals surface area contributed by atoms with Gasteiger partial charge in [-0.3, -0.25) is 0 Å². The van der Waals surface area contributed by atoms with Gasteiger partial charge in [0.25, 0.3) is 0 Å². The molecule has 2 aromatic carbocycles. The molecule has 98 valence electrons. The van der Waals surface area contributed by atoms with Gasteiger partial charge < -0.3 is 20.6 Å². The highest BCUT2D eigenvalue weighted by Crippen LogP contribution is 2.28. The van der Waals surface area contributed by atoms with Crippen molar-refractivity contribution >= 4 is 21.8 Å². The Kier molecular flexibility index (Phi) is 3.11. The van der Waals surface area contributed by atoms with Gasteiger partial charge in [0.05, 0.1) is 5.52 Å². The number of hydrogen-bond acceptors (Lipinski definition) is 3. The topological polar surface area (TPSA) is 71.3 Å². The number of hydrogen-bond donors (Lipinski definition) is 3. The van der Waals surface area contributed by atoms with Crippen LogP contribution in [-0.2, 0) is 0 Å². The molecule has 1 heterocycles. The van der Waals surface area contributed by atoms with Gasteiger partial charge >= 0.3 is 0 Å². The van der Waals surface area contributed by atoms with E-state index in [1.165, 1.54) is 10.8 Å². The maximum absolute atomic E-state index is 9.39. The Bertz CT molecular complexity index is 706. The minimum atomic E-state index is -0.626. The highest BCUT2D eigenvalue weighted by Gasteiger charge is 2.06. The van der Waals surface area contributed by atoms with Crippen molar-refractivity contribution in [2.45, 2.75) is 6.10 Å². The van der Waals surface area contributed by atoms with E-state index in [4.69, 9.17) is 10.5 Å². The molecule has 0 aliphatic carbocycles. The molecule has 0 bridgehead atoms. The molecule has 0 aliphatic heterocycles. The predicted molar refractivity (Wildman–Crippen MR) is 76.4 cm³/mol. The van der Waals surface area contributed by atoms with Gasteiger partial charge in [0, 0.05) is 28.9 Å². The average molecular weight is 256 g/mol. The number of aromatic amines is 1. The molecule has 1 unspecified atom stereocenters. The van der Waals surface area contributed by atoms with E-state index in [1.807, 2.05) is 36.4 Å². The van der Waals surface area contributed by atoms with Gasteiger partial charge in [-0.1, -0.05) is 18.2 Å². The van der Waals surface area contributed by atoms with E-state index in [0.29, 0.717) is 0 Å². The van der Waals surface area contributed by atoms with E-state index in [2.05, 4.69) is 11.1 Å². The largest absolute Gasteiger partial charge is 0.491 e. The number of nitrogens with two attached hydrogens (primary N) is 1. The Morgan fingerprint density at radius 1 is 1.11 bits per heavy atom. The molecular formula is C15H16N2O2. The molecule has 0 spiro atoms. The summed E-state index contributed by atoms with van der Waals surface area (Å²) in [7, 11) is 0. The second-order valence-electron chi connectivity index (χ2n) is 4.58. The highest BCUT2D eigenvalue weighted by molar-refractivity contribution is 6.07. The Morgan fingerprint density at radius 2 is 1.89 bits per heavy atom. The smallest absolute Gasteiger partial charge is 0.121 e. The fraction of sp³-hybridized carbons (Fsp3) is 0.200. The van der Waals surface area contributed by atoms with Crippen LogP contribution in [0, 0.1) is 0 Å². The Hall–Kier alpha value is -2.04.